The first kappa shape index (κ1) is 16.6. The maximum atomic E-state index is 11.5. The van der Waals surface area contributed by atoms with Gasteiger partial charge in [-0.15, -0.1) is 0 Å². The van der Waals surface area contributed by atoms with Crippen LogP contribution >= 0.6 is 0 Å². The lowest BCUT2D eigenvalue weighted by molar-refractivity contribution is -0.138. The molecule has 1 unspecified atom stereocenters. The van der Waals surface area contributed by atoms with Crippen LogP contribution < -0.4 is 4.72 Å². The lowest BCUT2D eigenvalue weighted by Gasteiger charge is -2.10. The van der Waals surface area contributed by atoms with Crippen LogP contribution in [-0.4, -0.2) is 44.5 Å². The van der Waals surface area contributed by atoms with E-state index in [1.807, 2.05) is 30.3 Å². The van der Waals surface area contributed by atoms with Crippen LogP contribution in [0.5, 0.6) is 0 Å². The van der Waals surface area contributed by atoms with Gasteiger partial charge in [0.2, 0.25) is 10.0 Å². The molecule has 0 bridgehead atoms. The van der Waals surface area contributed by atoms with Gasteiger partial charge in [-0.1, -0.05) is 30.3 Å². The van der Waals surface area contributed by atoms with Gasteiger partial charge in [0.15, 0.2) is 0 Å². The molecule has 0 saturated heterocycles. The van der Waals surface area contributed by atoms with Gasteiger partial charge < -0.3 is 9.84 Å². The summed E-state index contributed by atoms with van der Waals surface area (Å²) in [4.78, 5) is 10.6. The number of nitrogens with one attached hydrogen (secondary N) is 1. The molecule has 112 valence electrons. The predicted octanol–water partition coefficient (Wildman–Crippen LogP) is 0.638. The number of aliphatic carboxylic acids is 1. The molecule has 2 N–H and O–H groups in total. The Kier molecular flexibility index (Phi) is 6.63. The van der Waals surface area contributed by atoms with Crippen molar-refractivity contribution in [3.63, 3.8) is 0 Å². The fourth-order valence-corrected chi connectivity index (χ4v) is 2.58. The summed E-state index contributed by atoms with van der Waals surface area (Å²) in [6.07, 6.45) is 0.708. The molecular weight excluding hydrogens is 282 g/mol. The number of hydrogen-bond donors (Lipinski definition) is 2. The summed E-state index contributed by atoms with van der Waals surface area (Å²) in [5, 5.41) is 8.62. The van der Waals surface area contributed by atoms with Crippen molar-refractivity contribution >= 4 is 16.0 Å². The van der Waals surface area contributed by atoms with Gasteiger partial charge in [0.05, 0.1) is 19.0 Å². The van der Waals surface area contributed by atoms with Gasteiger partial charge in [0.25, 0.3) is 0 Å². The monoisotopic (exact) mass is 301 g/mol. The predicted molar refractivity (Wildman–Crippen MR) is 75.0 cm³/mol. The van der Waals surface area contributed by atoms with E-state index in [2.05, 4.69) is 4.72 Å². The molecule has 0 saturated carbocycles. The highest BCUT2D eigenvalue weighted by Crippen LogP contribution is 1.99. The third-order valence-electron chi connectivity index (χ3n) is 2.60. The van der Waals surface area contributed by atoms with Gasteiger partial charge in [-0.3, -0.25) is 4.79 Å². The number of ether oxygens (including phenoxy) is 1. The SMILES string of the molecule is CC(NS(=O)(=O)CCOCCc1ccccc1)C(=O)O. The summed E-state index contributed by atoms with van der Waals surface area (Å²) in [6, 6.07) is 8.58. The Bertz CT molecular complexity index is 515. The van der Waals surface area contributed by atoms with E-state index in [0.29, 0.717) is 13.0 Å². The summed E-state index contributed by atoms with van der Waals surface area (Å²) in [5.74, 6) is -1.46. The highest BCUT2D eigenvalue weighted by atomic mass is 32.2. The number of sulfonamides is 1. The Hall–Kier alpha value is -1.44. The molecule has 1 atom stereocenters. The van der Waals surface area contributed by atoms with Crippen molar-refractivity contribution < 1.29 is 23.1 Å². The Morgan fingerprint density at radius 2 is 1.95 bits per heavy atom. The molecule has 1 aromatic rings. The smallest absolute Gasteiger partial charge is 0.321 e. The first-order valence-corrected chi connectivity index (χ1v) is 7.90. The van der Waals surface area contributed by atoms with E-state index < -0.39 is 22.0 Å². The highest BCUT2D eigenvalue weighted by molar-refractivity contribution is 7.89. The molecule has 0 amide bonds. The Labute approximate surface area is 118 Å². The van der Waals surface area contributed by atoms with Gasteiger partial charge in [0.1, 0.15) is 6.04 Å². The van der Waals surface area contributed by atoms with Crippen LogP contribution in [0.3, 0.4) is 0 Å². The van der Waals surface area contributed by atoms with Crippen molar-refractivity contribution in [1.82, 2.24) is 4.72 Å². The van der Waals surface area contributed by atoms with Gasteiger partial charge in [-0.25, -0.2) is 13.1 Å². The van der Waals surface area contributed by atoms with E-state index in [-0.39, 0.29) is 12.4 Å². The topological polar surface area (TPSA) is 92.7 Å². The maximum Gasteiger partial charge on any atom is 0.321 e. The highest BCUT2D eigenvalue weighted by Gasteiger charge is 2.18. The molecule has 1 rings (SSSR count). The molecule has 0 heterocycles. The van der Waals surface area contributed by atoms with Crippen molar-refractivity contribution in [2.24, 2.45) is 0 Å². The fraction of sp³-hybridized carbons (Fsp3) is 0.462. The molecule has 0 aromatic heterocycles. The molecule has 20 heavy (non-hydrogen) atoms. The van der Waals surface area contributed by atoms with Crippen LogP contribution in [0.1, 0.15) is 12.5 Å². The van der Waals surface area contributed by atoms with Crippen LogP contribution in [0.2, 0.25) is 0 Å². The standard InChI is InChI=1S/C13H19NO5S/c1-11(13(15)16)14-20(17,18)10-9-19-8-7-12-5-3-2-4-6-12/h2-6,11,14H,7-10H2,1H3,(H,15,16). The molecule has 0 fully saturated rings. The Morgan fingerprint density at radius 3 is 2.55 bits per heavy atom. The first-order chi connectivity index (χ1) is 9.41. The zero-order valence-electron chi connectivity index (χ0n) is 11.3. The lowest BCUT2D eigenvalue weighted by Crippen LogP contribution is -2.40. The van der Waals surface area contributed by atoms with E-state index in [1.165, 1.54) is 6.92 Å². The Morgan fingerprint density at radius 1 is 1.30 bits per heavy atom. The second-order valence-electron chi connectivity index (χ2n) is 4.34. The second kappa shape index (κ2) is 7.98. The number of rotatable bonds is 9. The minimum absolute atomic E-state index is 0.0362. The number of benzene rings is 1. The first-order valence-electron chi connectivity index (χ1n) is 6.25. The fourth-order valence-electron chi connectivity index (χ4n) is 1.48. The molecule has 0 radical (unpaired) electrons. The molecule has 0 spiro atoms. The van der Waals surface area contributed by atoms with Gasteiger partial charge >= 0.3 is 5.97 Å². The van der Waals surface area contributed by atoms with Crippen molar-refractivity contribution in [2.45, 2.75) is 19.4 Å². The third-order valence-corrected chi connectivity index (χ3v) is 4.02. The lowest BCUT2D eigenvalue weighted by atomic mass is 10.2. The van der Waals surface area contributed by atoms with E-state index >= 15 is 0 Å². The van der Waals surface area contributed by atoms with E-state index in [9.17, 15) is 13.2 Å². The molecule has 0 aliphatic rings. The summed E-state index contributed by atoms with van der Waals surface area (Å²) < 4.78 is 30.4. The van der Waals surface area contributed by atoms with E-state index in [0.717, 1.165) is 5.56 Å². The maximum absolute atomic E-state index is 11.5. The summed E-state index contributed by atoms with van der Waals surface area (Å²) in [5.41, 5.74) is 1.12. The van der Waals surface area contributed by atoms with Gasteiger partial charge in [-0.2, -0.15) is 0 Å². The normalized spacial score (nSPS) is 13.1. The van der Waals surface area contributed by atoms with Crippen LogP contribution in [0.25, 0.3) is 0 Å². The van der Waals surface area contributed by atoms with Gasteiger partial charge in [-0.05, 0) is 18.9 Å². The zero-order valence-corrected chi connectivity index (χ0v) is 12.1. The van der Waals surface area contributed by atoms with Crippen molar-refractivity contribution in [2.75, 3.05) is 19.0 Å². The largest absolute Gasteiger partial charge is 0.480 e. The molecule has 1 aromatic carbocycles. The van der Waals surface area contributed by atoms with Crippen molar-refractivity contribution in [1.29, 1.82) is 0 Å². The zero-order chi connectivity index (χ0) is 15.0. The summed E-state index contributed by atoms with van der Waals surface area (Å²) in [6.45, 7) is 1.73. The third kappa shape index (κ3) is 6.65. The van der Waals surface area contributed by atoms with Crippen molar-refractivity contribution in [3.8, 4) is 0 Å². The summed E-state index contributed by atoms with van der Waals surface area (Å²) in [7, 11) is -3.63. The average Bonchev–Trinajstić information content (AvgIpc) is 2.38. The van der Waals surface area contributed by atoms with Gasteiger partial charge in [0, 0.05) is 0 Å². The molecule has 0 aliphatic heterocycles. The quantitative estimate of drug-likeness (QED) is 0.653. The molecule has 0 aliphatic carbocycles. The second-order valence-corrected chi connectivity index (χ2v) is 6.22. The van der Waals surface area contributed by atoms with E-state index in [4.69, 9.17) is 9.84 Å². The Balaban J connectivity index is 2.22. The summed E-state index contributed by atoms with van der Waals surface area (Å²) >= 11 is 0. The molecular formula is C13H19NO5S. The van der Waals surface area contributed by atoms with Crippen LogP contribution in [0, 0.1) is 0 Å². The molecule has 7 heteroatoms. The minimum atomic E-state index is -3.63. The van der Waals surface area contributed by atoms with Crippen LogP contribution in [0.15, 0.2) is 30.3 Å². The number of carboxylic acids is 1. The number of carboxylic acid groups (broad SMARTS) is 1. The average molecular weight is 301 g/mol. The number of carbonyl (C=O) groups is 1. The minimum Gasteiger partial charge on any atom is -0.480 e. The van der Waals surface area contributed by atoms with Crippen LogP contribution in [-0.2, 0) is 26.0 Å². The van der Waals surface area contributed by atoms with Crippen LogP contribution in [0.4, 0.5) is 0 Å². The number of hydrogen-bond acceptors (Lipinski definition) is 4. The van der Waals surface area contributed by atoms with E-state index in [1.54, 1.807) is 0 Å². The molecule has 6 nitrogen and oxygen atoms in total. The van der Waals surface area contributed by atoms with Crippen molar-refractivity contribution in [3.05, 3.63) is 35.9 Å².